The van der Waals surface area contributed by atoms with E-state index in [1.165, 1.54) is 0 Å². The summed E-state index contributed by atoms with van der Waals surface area (Å²) in [5, 5.41) is 0. The molecule has 2 aromatic rings. The fraction of sp³-hybridized carbons (Fsp3) is 0.182. The molecule has 4 nitrogen and oxygen atoms in total. The van der Waals surface area contributed by atoms with Crippen molar-refractivity contribution < 1.29 is 0 Å². The zero-order valence-electron chi connectivity index (χ0n) is 9.27. The van der Waals surface area contributed by atoms with Gasteiger partial charge in [-0.3, -0.25) is 5.84 Å². The maximum Gasteiger partial charge on any atom is 0.128 e. The van der Waals surface area contributed by atoms with Gasteiger partial charge in [0.1, 0.15) is 5.82 Å². The van der Waals surface area contributed by atoms with Crippen molar-refractivity contribution in [3.63, 3.8) is 0 Å². The maximum atomic E-state index is 5.90. The van der Waals surface area contributed by atoms with E-state index in [1.54, 1.807) is 17.5 Å². The molecule has 1 atom stereocenters. The van der Waals surface area contributed by atoms with Gasteiger partial charge < -0.3 is 5.73 Å². The lowest BCUT2D eigenvalue weighted by molar-refractivity contribution is 0.646. The monoisotopic (exact) mass is 312 g/mol. The van der Waals surface area contributed by atoms with Gasteiger partial charge in [-0.25, -0.2) is 10.4 Å². The Balaban J connectivity index is 2.45. The van der Waals surface area contributed by atoms with E-state index in [4.69, 9.17) is 11.6 Å². The number of aryl methyl sites for hydroxylation is 1. The van der Waals surface area contributed by atoms with E-state index in [1.807, 2.05) is 25.1 Å². The highest BCUT2D eigenvalue weighted by Gasteiger charge is 2.17. The first-order chi connectivity index (χ1) is 8.11. The Bertz CT molecular complexity index is 526. The zero-order chi connectivity index (χ0) is 12.4. The Morgan fingerprint density at radius 2 is 2.24 bits per heavy atom. The first-order valence-electron chi connectivity index (χ1n) is 5.05. The summed E-state index contributed by atoms with van der Waals surface area (Å²) < 4.78 is 1.06. The van der Waals surface area contributed by atoms with Gasteiger partial charge in [-0.15, -0.1) is 11.3 Å². The van der Waals surface area contributed by atoms with Crippen molar-refractivity contribution in [1.29, 1.82) is 0 Å². The van der Waals surface area contributed by atoms with Gasteiger partial charge in [0.2, 0.25) is 0 Å². The Hall–Kier alpha value is -0.950. The lowest BCUT2D eigenvalue weighted by Gasteiger charge is -2.16. The topological polar surface area (TPSA) is 77.0 Å². The summed E-state index contributed by atoms with van der Waals surface area (Å²) in [6.45, 7) is 1.98. The quantitative estimate of drug-likeness (QED) is 0.600. The van der Waals surface area contributed by atoms with E-state index in [2.05, 4.69) is 26.3 Å². The van der Waals surface area contributed by atoms with E-state index >= 15 is 0 Å². The molecule has 2 rings (SSSR count). The maximum absolute atomic E-state index is 5.90. The Morgan fingerprint density at radius 1 is 1.47 bits per heavy atom. The highest BCUT2D eigenvalue weighted by atomic mass is 79.9. The molecule has 0 bridgehead atoms. The summed E-state index contributed by atoms with van der Waals surface area (Å²) >= 11 is 5.06. The number of anilines is 1. The van der Waals surface area contributed by atoms with Gasteiger partial charge in [-0.2, -0.15) is 0 Å². The van der Waals surface area contributed by atoms with E-state index in [-0.39, 0.29) is 6.04 Å². The van der Waals surface area contributed by atoms with Crippen LogP contribution in [0, 0.1) is 6.92 Å². The van der Waals surface area contributed by atoms with Gasteiger partial charge in [-0.05, 0) is 46.6 Å². The van der Waals surface area contributed by atoms with Crippen molar-refractivity contribution in [2.75, 3.05) is 5.73 Å². The predicted molar refractivity (Wildman–Crippen MR) is 74.6 cm³/mol. The molecule has 2 aromatic heterocycles. The molecule has 0 fully saturated rings. The number of nitrogens with zero attached hydrogens (tertiary/aromatic N) is 1. The first kappa shape index (κ1) is 12.5. The van der Waals surface area contributed by atoms with Crippen LogP contribution in [-0.2, 0) is 0 Å². The second-order valence-corrected chi connectivity index (χ2v) is 6.22. The number of thiophene rings is 1. The number of nitrogens with two attached hydrogens (primary N) is 2. The molecule has 0 amide bonds. The SMILES string of the molecule is Cc1cnc(N)c(C(NN)c2ccc(Br)s2)c1. The molecule has 0 saturated heterocycles. The van der Waals surface area contributed by atoms with Crippen LogP contribution in [0.1, 0.15) is 22.0 Å². The van der Waals surface area contributed by atoms with Gasteiger partial charge in [0.15, 0.2) is 0 Å². The van der Waals surface area contributed by atoms with Crippen LogP contribution in [0.5, 0.6) is 0 Å². The van der Waals surface area contributed by atoms with Gasteiger partial charge in [0, 0.05) is 16.6 Å². The number of rotatable bonds is 3. The molecule has 0 aliphatic rings. The summed E-state index contributed by atoms with van der Waals surface area (Å²) in [5.74, 6) is 6.13. The second kappa shape index (κ2) is 5.14. The predicted octanol–water partition coefficient (Wildman–Crippen LogP) is 2.35. The van der Waals surface area contributed by atoms with E-state index < -0.39 is 0 Å². The highest BCUT2D eigenvalue weighted by molar-refractivity contribution is 9.11. The number of hydrazine groups is 1. The molecular weight excluding hydrogens is 300 g/mol. The third-order valence-electron chi connectivity index (χ3n) is 2.44. The minimum atomic E-state index is -0.126. The summed E-state index contributed by atoms with van der Waals surface area (Å²) in [7, 11) is 0. The number of hydrogen-bond acceptors (Lipinski definition) is 5. The minimum Gasteiger partial charge on any atom is -0.383 e. The fourth-order valence-corrected chi connectivity index (χ4v) is 3.15. The number of halogens is 1. The van der Waals surface area contributed by atoms with Crippen LogP contribution < -0.4 is 17.0 Å². The molecule has 0 saturated carbocycles. The summed E-state index contributed by atoms with van der Waals surface area (Å²) in [4.78, 5) is 5.25. The Morgan fingerprint density at radius 3 is 2.82 bits per heavy atom. The molecule has 17 heavy (non-hydrogen) atoms. The third-order valence-corrected chi connectivity index (χ3v) is 4.13. The number of pyridine rings is 1. The smallest absolute Gasteiger partial charge is 0.128 e. The van der Waals surface area contributed by atoms with Crippen LogP contribution in [0.2, 0.25) is 0 Å². The molecule has 5 N–H and O–H groups in total. The summed E-state index contributed by atoms with van der Waals surface area (Å²) in [5.41, 5.74) is 10.6. The number of nitrogens with one attached hydrogen (secondary N) is 1. The largest absolute Gasteiger partial charge is 0.383 e. The molecule has 2 heterocycles. The van der Waals surface area contributed by atoms with Crippen molar-refractivity contribution in [1.82, 2.24) is 10.4 Å². The van der Waals surface area contributed by atoms with E-state index in [0.29, 0.717) is 5.82 Å². The van der Waals surface area contributed by atoms with Crippen molar-refractivity contribution >= 4 is 33.1 Å². The Kier molecular flexibility index (Phi) is 3.78. The van der Waals surface area contributed by atoms with Gasteiger partial charge >= 0.3 is 0 Å². The zero-order valence-corrected chi connectivity index (χ0v) is 11.7. The molecule has 1 unspecified atom stereocenters. The first-order valence-corrected chi connectivity index (χ1v) is 6.66. The van der Waals surface area contributed by atoms with Crippen molar-refractivity contribution in [3.05, 3.63) is 44.2 Å². The normalized spacial score (nSPS) is 12.6. The van der Waals surface area contributed by atoms with Gasteiger partial charge in [-0.1, -0.05) is 0 Å². The minimum absolute atomic E-state index is 0.126. The summed E-state index contributed by atoms with van der Waals surface area (Å²) in [6.07, 6.45) is 1.75. The Labute approximate surface area is 112 Å². The van der Waals surface area contributed by atoms with E-state index in [9.17, 15) is 0 Å². The number of hydrogen-bond donors (Lipinski definition) is 3. The van der Waals surface area contributed by atoms with Gasteiger partial charge in [0.05, 0.1) is 9.83 Å². The second-order valence-electron chi connectivity index (χ2n) is 3.73. The lowest BCUT2D eigenvalue weighted by atomic mass is 10.1. The summed E-state index contributed by atoms with van der Waals surface area (Å²) in [6, 6.07) is 5.88. The van der Waals surface area contributed by atoms with Crippen LogP contribution in [0.4, 0.5) is 5.82 Å². The van der Waals surface area contributed by atoms with Crippen molar-refractivity contribution in [2.45, 2.75) is 13.0 Å². The van der Waals surface area contributed by atoms with Crippen LogP contribution in [-0.4, -0.2) is 4.98 Å². The molecule has 0 aromatic carbocycles. The van der Waals surface area contributed by atoms with Crippen molar-refractivity contribution in [2.24, 2.45) is 5.84 Å². The van der Waals surface area contributed by atoms with Gasteiger partial charge in [0.25, 0.3) is 0 Å². The average molecular weight is 313 g/mol. The molecule has 90 valence electrons. The third kappa shape index (κ3) is 2.66. The fourth-order valence-electron chi connectivity index (χ4n) is 1.64. The van der Waals surface area contributed by atoms with E-state index in [0.717, 1.165) is 19.8 Å². The van der Waals surface area contributed by atoms with Crippen LogP contribution in [0.15, 0.2) is 28.2 Å². The molecular formula is C11H13BrN4S. The molecule has 0 aliphatic carbocycles. The molecule has 0 aliphatic heterocycles. The molecule has 6 heteroatoms. The number of nitrogen functional groups attached to an aromatic ring is 1. The van der Waals surface area contributed by atoms with Crippen LogP contribution in [0.25, 0.3) is 0 Å². The average Bonchev–Trinajstić information content (AvgIpc) is 2.71. The van der Waals surface area contributed by atoms with Crippen LogP contribution in [0.3, 0.4) is 0 Å². The molecule has 0 radical (unpaired) electrons. The highest BCUT2D eigenvalue weighted by Crippen LogP contribution is 2.32. The number of aromatic nitrogens is 1. The molecule has 0 spiro atoms. The standard InChI is InChI=1S/C11H13BrN4S/c1-6-4-7(11(13)15-5-6)10(16-14)8-2-3-9(12)17-8/h2-5,10,16H,14H2,1H3,(H2,13,15). The van der Waals surface area contributed by atoms with Crippen molar-refractivity contribution in [3.8, 4) is 0 Å². The van der Waals surface area contributed by atoms with Crippen LogP contribution >= 0.6 is 27.3 Å². The lowest BCUT2D eigenvalue weighted by Crippen LogP contribution is -2.29.